The van der Waals surface area contributed by atoms with Crippen LogP contribution in [0.2, 0.25) is 0 Å². The highest BCUT2D eigenvalue weighted by Crippen LogP contribution is 2.40. The van der Waals surface area contributed by atoms with E-state index in [2.05, 4.69) is 24.2 Å². The van der Waals surface area contributed by atoms with E-state index in [0.717, 1.165) is 37.3 Å². The maximum Gasteiger partial charge on any atom is 0.108 e. The van der Waals surface area contributed by atoms with E-state index in [4.69, 9.17) is 0 Å². The zero-order chi connectivity index (χ0) is 11.6. The van der Waals surface area contributed by atoms with Crippen molar-refractivity contribution in [1.82, 2.24) is 9.78 Å². The first kappa shape index (κ1) is 11.5. The van der Waals surface area contributed by atoms with Gasteiger partial charge in [0.15, 0.2) is 0 Å². The molecule has 0 aliphatic carbocycles. The third-order valence-electron chi connectivity index (χ3n) is 3.06. The molecule has 1 aliphatic rings. The van der Waals surface area contributed by atoms with Gasteiger partial charge >= 0.3 is 0 Å². The predicted octanol–water partition coefficient (Wildman–Crippen LogP) is 2.54. The number of aryl methyl sites for hydroxylation is 2. The molecule has 1 saturated heterocycles. The summed E-state index contributed by atoms with van der Waals surface area (Å²) < 4.78 is 1.83. The van der Waals surface area contributed by atoms with Crippen LogP contribution in [0.25, 0.3) is 0 Å². The van der Waals surface area contributed by atoms with Crippen LogP contribution in [0.4, 0.5) is 0 Å². The normalized spacial score (nSPS) is 24.6. The average Bonchev–Trinajstić information content (AvgIpc) is 2.86. The molecule has 0 radical (unpaired) electrons. The first-order valence-corrected chi connectivity index (χ1v) is 6.76. The second-order valence-corrected chi connectivity index (χ2v) is 5.81. The molecule has 16 heavy (non-hydrogen) atoms. The van der Waals surface area contributed by atoms with Gasteiger partial charge < -0.3 is 0 Å². The van der Waals surface area contributed by atoms with E-state index in [1.807, 2.05) is 23.4 Å². The number of rotatable bonds is 3. The van der Waals surface area contributed by atoms with Crippen LogP contribution in [-0.4, -0.2) is 20.3 Å². The average molecular weight is 235 g/mol. The lowest BCUT2D eigenvalue weighted by Gasteiger charge is -2.19. The van der Waals surface area contributed by atoms with Crippen LogP contribution in [0.15, 0.2) is 6.07 Å². The zero-order valence-electron chi connectivity index (χ0n) is 9.86. The molecule has 1 fully saturated rings. The van der Waals surface area contributed by atoms with Gasteiger partial charge in [-0.25, -0.2) is 0 Å². The van der Waals surface area contributed by atoms with Crippen LogP contribution in [-0.2, 0) is 13.0 Å². The van der Waals surface area contributed by atoms with Gasteiger partial charge in [0.05, 0.1) is 11.8 Å². The Bertz CT molecular complexity index is 410. The van der Waals surface area contributed by atoms with Gasteiger partial charge in [-0.05, 0) is 38.5 Å². The highest BCUT2D eigenvalue weighted by Gasteiger charge is 2.35. The second-order valence-electron chi connectivity index (χ2n) is 4.33. The van der Waals surface area contributed by atoms with Crippen molar-refractivity contribution < 1.29 is 0 Å². The molecule has 1 unspecified atom stereocenters. The Hall–Kier alpha value is -0.950. The minimum atomic E-state index is -0.195. The van der Waals surface area contributed by atoms with Crippen molar-refractivity contribution in [1.29, 1.82) is 5.26 Å². The molecule has 0 bridgehead atoms. The molecule has 0 N–H and O–H groups in total. The third-order valence-corrected chi connectivity index (χ3v) is 4.54. The first-order chi connectivity index (χ1) is 7.69. The molecule has 2 heterocycles. The largest absolute Gasteiger partial charge is 0.270 e. The lowest BCUT2D eigenvalue weighted by Crippen LogP contribution is -2.23. The topological polar surface area (TPSA) is 41.6 Å². The van der Waals surface area contributed by atoms with Gasteiger partial charge in [0.25, 0.3) is 0 Å². The molecule has 4 heteroatoms. The fraction of sp³-hybridized carbons (Fsp3) is 0.667. The zero-order valence-corrected chi connectivity index (χ0v) is 10.7. The molecule has 0 aromatic carbocycles. The van der Waals surface area contributed by atoms with Gasteiger partial charge in [0, 0.05) is 18.7 Å². The number of hydrogen-bond donors (Lipinski definition) is 0. The Morgan fingerprint density at radius 2 is 2.50 bits per heavy atom. The monoisotopic (exact) mass is 235 g/mol. The van der Waals surface area contributed by atoms with Gasteiger partial charge in [0.1, 0.15) is 4.75 Å². The minimum Gasteiger partial charge on any atom is -0.270 e. The Kier molecular flexibility index (Phi) is 3.25. The van der Waals surface area contributed by atoms with Crippen molar-refractivity contribution in [2.45, 2.75) is 44.4 Å². The van der Waals surface area contributed by atoms with E-state index in [1.54, 1.807) is 0 Å². The van der Waals surface area contributed by atoms with E-state index >= 15 is 0 Å². The molecule has 0 saturated carbocycles. The summed E-state index contributed by atoms with van der Waals surface area (Å²) in [5.74, 6) is 1.12. The summed E-state index contributed by atoms with van der Waals surface area (Å²) in [5, 5.41) is 13.8. The van der Waals surface area contributed by atoms with Crippen molar-refractivity contribution in [2.24, 2.45) is 0 Å². The van der Waals surface area contributed by atoms with Crippen molar-refractivity contribution in [2.75, 3.05) is 5.75 Å². The standard InChI is InChI=1S/C12H17N3S/c1-3-15-11(7-10(2)14-15)8-12(9-13)5-4-6-16-12/h7H,3-6,8H2,1-2H3. The Labute approximate surface area is 101 Å². The number of nitrogens with zero attached hydrogens (tertiary/aromatic N) is 3. The van der Waals surface area contributed by atoms with E-state index in [9.17, 15) is 5.26 Å². The molecule has 1 aliphatic heterocycles. The highest BCUT2D eigenvalue weighted by atomic mass is 32.2. The van der Waals surface area contributed by atoms with Crippen molar-refractivity contribution >= 4 is 11.8 Å². The van der Waals surface area contributed by atoms with Crippen molar-refractivity contribution in [3.8, 4) is 6.07 Å². The maximum absolute atomic E-state index is 9.35. The molecule has 2 rings (SSSR count). The van der Waals surface area contributed by atoms with Gasteiger partial charge in [-0.3, -0.25) is 4.68 Å². The fourth-order valence-corrected chi connectivity index (χ4v) is 3.55. The fourth-order valence-electron chi connectivity index (χ4n) is 2.27. The summed E-state index contributed by atoms with van der Waals surface area (Å²) >= 11 is 1.81. The molecule has 0 spiro atoms. The van der Waals surface area contributed by atoms with E-state index in [0.29, 0.717) is 0 Å². The molecule has 1 aromatic rings. The van der Waals surface area contributed by atoms with Crippen LogP contribution in [0.1, 0.15) is 31.2 Å². The third kappa shape index (κ3) is 2.10. The number of nitriles is 1. The Balaban J connectivity index is 2.22. The summed E-state index contributed by atoms with van der Waals surface area (Å²) in [6.45, 7) is 4.99. The quantitative estimate of drug-likeness (QED) is 0.808. The predicted molar refractivity (Wildman–Crippen MR) is 66.4 cm³/mol. The van der Waals surface area contributed by atoms with Crippen molar-refractivity contribution in [3.05, 3.63) is 17.5 Å². The number of aromatic nitrogens is 2. The van der Waals surface area contributed by atoms with E-state index in [1.165, 1.54) is 5.69 Å². The highest BCUT2D eigenvalue weighted by molar-refractivity contribution is 8.01. The van der Waals surface area contributed by atoms with Crippen LogP contribution >= 0.6 is 11.8 Å². The summed E-state index contributed by atoms with van der Waals surface area (Å²) in [4.78, 5) is 0. The van der Waals surface area contributed by atoms with Gasteiger partial charge in [-0.2, -0.15) is 10.4 Å². The summed E-state index contributed by atoms with van der Waals surface area (Å²) in [5.41, 5.74) is 2.25. The summed E-state index contributed by atoms with van der Waals surface area (Å²) in [6.07, 6.45) is 3.02. The summed E-state index contributed by atoms with van der Waals surface area (Å²) in [6, 6.07) is 4.62. The SMILES string of the molecule is CCn1nc(C)cc1CC1(C#N)CCCS1. The van der Waals surface area contributed by atoms with Crippen LogP contribution in [0.5, 0.6) is 0 Å². The van der Waals surface area contributed by atoms with E-state index < -0.39 is 0 Å². The number of thioether (sulfide) groups is 1. The minimum absolute atomic E-state index is 0.195. The first-order valence-electron chi connectivity index (χ1n) is 5.77. The summed E-state index contributed by atoms with van der Waals surface area (Å²) in [7, 11) is 0. The molecule has 3 nitrogen and oxygen atoms in total. The van der Waals surface area contributed by atoms with Gasteiger partial charge in [0.2, 0.25) is 0 Å². The van der Waals surface area contributed by atoms with Crippen molar-refractivity contribution in [3.63, 3.8) is 0 Å². The Morgan fingerprint density at radius 3 is 3.06 bits per heavy atom. The molecule has 1 aromatic heterocycles. The van der Waals surface area contributed by atoms with E-state index in [-0.39, 0.29) is 4.75 Å². The number of hydrogen-bond acceptors (Lipinski definition) is 3. The van der Waals surface area contributed by atoms with Crippen LogP contribution < -0.4 is 0 Å². The second kappa shape index (κ2) is 4.50. The molecular formula is C12H17N3S. The lowest BCUT2D eigenvalue weighted by molar-refractivity contribution is 0.580. The molecule has 0 amide bonds. The van der Waals surface area contributed by atoms with Crippen LogP contribution in [0.3, 0.4) is 0 Å². The van der Waals surface area contributed by atoms with Crippen LogP contribution in [0, 0.1) is 18.3 Å². The lowest BCUT2D eigenvalue weighted by atomic mass is 9.98. The maximum atomic E-state index is 9.35. The molecular weight excluding hydrogens is 218 g/mol. The Morgan fingerprint density at radius 1 is 1.69 bits per heavy atom. The smallest absolute Gasteiger partial charge is 0.108 e. The molecule has 86 valence electrons. The van der Waals surface area contributed by atoms with Gasteiger partial charge in [-0.1, -0.05) is 0 Å². The van der Waals surface area contributed by atoms with Gasteiger partial charge in [-0.15, -0.1) is 11.8 Å². The molecule has 1 atom stereocenters.